The Balaban J connectivity index is 1.36. The molecule has 4 rings (SSSR count). The lowest BCUT2D eigenvalue weighted by Gasteiger charge is -2.23. The molecule has 4 fully saturated rings. The molecule has 6 atom stereocenters. The van der Waals surface area contributed by atoms with E-state index < -0.39 is 0 Å². The summed E-state index contributed by atoms with van der Waals surface area (Å²) in [5.74, 6) is 3.92. The summed E-state index contributed by atoms with van der Waals surface area (Å²) in [4.78, 5) is 12.3. The summed E-state index contributed by atoms with van der Waals surface area (Å²) < 4.78 is 5.79. The van der Waals surface area contributed by atoms with E-state index in [0.29, 0.717) is 11.8 Å². The minimum Gasteiger partial charge on any atom is -0.459 e. The van der Waals surface area contributed by atoms with Crippen LogP contribution in [0.25, 0.3) is 0 Å². The third-order valence-corrected chi connectivity index (χ3v) is 6.51. The Morgan fingerprint density at radius 3 is 2.20 bits per heavy atom. The van der Waals surface area contributed by atoms with Crippen molar-refractivity contribution >= 4 is 5.97 Å². The summed E-state index contributed by atoms with van der Waals surface area (Å²) >= 11 is 0. The smallest absolute Gasteiger partial charge is 0.333 e. The van der Waals surface area contributed by atoms with E-state index in [1.807, 2.05) is 6.92 Å². The Bertz CT molecular complexity index is 439. The Morgan fingerprint density at radius 2 is 1.65 bits per heavy atom. The largest absolute Gasteiger partial charge is 0.459 e. The molecule has 4 aliphatic carbocycles. The van der Waals surface area contributed by atoms with E-state index in [1.54, 1.807) is 0 Å². The monoisotopic (exact) mass is 274 g/mol. The van der Waals surface area contributed by atoms with Crippen LogP contribution in [0.3, 0.4) is 0 Å². The predicted molar refractivity (Wildman–Crippen MR) is 78.0 cm³/mol. The first-order valence-electron chi connectivity index (χ1n) is 8.58. The van der Waals surface area contributed by atoms with Crippen LogP contribution in [-0.2, 0) is 9.53 Å². The second-order valence-electron chi connectivity index (χ2n) is 7.81. The fourth-order valence-electron chi connectivity index (χ4n) is 5.45. The molecule has 20 heavy (non-hydrogen) atoms. The number of rotatable bonds is 3. The van der Waals surface area contributed by atoms with Gasteiger partial charge >= 0.3 is 5.97 Å². The summed E-state index contributed by atoms with van der Waals surface area (Å²) in [6.45, 7) is 1.96. The number of carbonyl (C=O) groups is 1. The maximum absolute atomic E-state index is 12.3. The van der Waals surface area contributed by atoms with Crippen molar-refractivity contribution in [3.8, 4) is 0 Å². The van der Waals surface area contributed by atoms with Gasteiger partial charge in [0.15, 0.2) is 0 Å². The quantitative estimate of drug-likeness (QED) is 0.572. The second-order valence-corrected chi connectivity index (χ2v) is 7.81. The van der Waals surface area contributed by atoms with Gasteiger partial charge in [-0.2, -0.15) is 0 Å². The van der Waals surface area contributed by atoms with Gasteiger partial charge in [0.25, 0.3) is 0 Å². The lowest BCUT2D eigenvalue weighted by molar-refractivity contribution is -0.146. The van der Waals surface area contributed by atoms with E-state index in [-0.39, 0.29) is 12.1 Å². The molecule has 6 unspecified atom stereocenters. The van der Waals surface area contributed by atoms with Gasteiger partial charge in [0, 0.05) is 5.57 Å². The molecule has 2 heteroatoms. The molecule has 0 heterocycles. The standard InChI is InChI=1S/C18H26O2/c1-11(6-16-9-12-2-4-14(16)7-12)18(19)20-17-10-13-3-5-15(17)8-13/h6,12-17H,2-5,7-10H2,1H3/b11-6+. The van der Waals surface area contributed by atoms with Crippen molar-refractivity contribution in [3.63, 3.8) is 0 Å². The fourth-order valence-corrected chi connectivity index (χ4v) is 5.45. The first kappa shape index (κ1) is 12.9. The Kier molecular flexibility index (Phi) is 3.16. The van der Waals surface area contributed by atoms with Gasteiger partial charge in [0.1, 0.15) is 6.10 Å². The van der Waals surface area contributed by atoms with Gasteiger partial charge in [0.05, 0.1) is 0 Å². The van der Waals surface area contributed by atoms with Crippen LogP contribution in [0.1, 0.15) is 58.3 Å². The summed E-state index contributed by atoms with van der Waals surface area (Å²) in [6.07, 6.45) is 13.0. The van der Waals surface area contributed by atoms with Crippen molar-refractivity contribution in [2.45, 2.75) is 64.4 Å². The number of allylic oxidation sites excluding steroid dienone is 1. The van der Waals surface area contributed by atoms with Gasteiger partial charge in [-0.1, -0.05) is 12.5 Å². The van der Waals surface area contributed by atoms with Gasteiger partial charge in [-0.05, 0) is 81.5 Å². The maximum Gasteiger partial charge on any atom is 0.333 e. The summed E-state index contributed by atoms with van der Waals surface area (Å²) in [7, 11) is 0. The van der Waals surface area contributed by atoms with E-state index >= 15 is 0 Å². The van der Waals surface area contributed by atoms with Gasteiger partial charge in [-0.25, -0.2) is 4.79 Å². The van der Waals surface area contributed by atoms with Gasteiger partial charge in [0.2, 0.25) is 0 Å². The van der Waals surface area contributed by atoms with E-state index in [0.717, 1.165) is 29.7 Å². The van der Waals surface area contributed by atoms with Gasteiger partial charge in [-0.15, -0.1) is 0 Å². The number of hydrogen-bond acceptors (Lipinski definition) is 2. The molecule has 110 valence electrons. The van der Waals surface area contributed by atoms with Crippen LogP contribution in [0.2, 0.25) is 0 Å². The Hall–Kier alpha value is -0.790. The Morgan fingerprint density at radius 1 is 0.950 bits per heavy atom. The maximum atomic E-state index is 12.3. The topological polar surface area (TPSA) is 26.3 Å². The zero-order valence-electron chi connectivity index (χ0n) is 12.5. The molecule has 4 aliphatic rings. The van der Waals surface area contributed by atoms with Crippen molar-refractivity contribution in [3.05, 3.63) is 11.6 Å². The van der Waals surface area contributed by atoms with E-state index in [1.165, 1.54) is 44.9 Å². The highest BCUT2D eigenvalue weighted by atomic mass is 16.5. The summed E-state index contributed by atoms with van der Waals surface area (Å²) in [6, 6.07) is 0. The molecule has 0 aliphatic heterocycles. The number of fused-ring (bicyclic) bond motifs is 4. The van der Waals surface area contributed by atoms with Crippen molar-refractivity contribution in [1.82, 2.24) is 0 Å². The number of esters is 1. The molecule has 0 aromatic carbocycles. The van der Waals surface area contributed by atoms with Crippen molar-refractivity contribution < 1.29 is 9.53 Å². The van der Waals surface area contributed by atoms with Crippen LogP contribution in [0.15, 0.2) is 11.6 Å². The highest BCUT2D eigenvalue weighted by molar-refractivity contribution is 5.88. The SMILES string of the molecule is C/C(=C\C1CC2CCC1C2)C(=O)OC1CC2CCC1C2. The van der Waals surface area contributed by atoms with Gasteiger partial charge in [-0.3, -0.25) is 0 Å². The first-order chi connectivity index (χ1) is 9.69. The zero-order valence-corrected chi connectivity index (χ0v) is 12.5. The van der Waals surface area contributed by atoms with E-state index in [9.17, 15) is 4.79 Å². The second kappa shape index (κ2) is 4.89. The molecule has 0 spiro atoms. The molecule has 0 aromatic rings. The van der Waals surface area contributed by atoms with Crippen LogP contribution in [-0.4, -0.2) is 12.1 Å². The van der Waals surface area contributed by atoms with Crippen LogP contribution in [0.4, 0.5) is 0 Å². The predicted octanol–water partition coefficient (Wildman–Crippen LogP) is 4.10. The van der Waals surface area contributed by atoms with E-state index in [4.69, 9.17) is 4.74 Å². The summed E-state index contributed by atoms with van der Waals surface area (Å²) in [5, 5.41) is 0. The average molecular weight is 274 g/mol. The highest BCUT2D eigenvalue weighted by Gasteiger charge is 2.42. The number of ether oxygens (including phenoxy) is 1. The molecule has 4 bridgehead atoms. The molecule has 2 nitrogen and oxygen atoms in total. The van der Waals surface area contributed by atoms with Crippen molar-refractivity contribution in [1.29, 1.82) is 0 Å². The van der Waals surface area contributed by atoms with Crippen LogP contribution in [0, 0.1) is 29.6 Å². The molecular formula is C18H26O2. The molecule has 0 aromatic heterocycles. The Labute approximate surface area is 122 Å². The zero-order chi connectivity index (χ0) is 13.7. The number of carbonyl (C=O) groups excluding carboxylic acids is 1. The average Bonchev–Trinajstić information content (AvgIpc) is 3.18. The molecular weight excluding hydrogens is 248 g/mol. The molecule has 0 amide bonds. The minimum atomic E-state index is -0.0367. The normalized spacial score (nSPS) is 46.1. The highest BCUT2D eigenvalue weighted by Crippen LogP contribution is 2.49. The molecule has 0 N–H and O–H groups in total. The molecule has 4 saturated carbocycles. The minimum absolute atomic E-state index is 0.0367. The lowest BCUT2D eigenvalue weighted by atomic mass is 9.87. The van der Waals surface area contributed by atoms with Crippen LogP contribution in [0.5, 0.6) is 0 Å². The van der Waals surface area contributed by atoms with E-state index in [2.05, 4.69) is 6.08 Å². The summed E-state index contributed by atoms with van der Waals surface area (Å²) in [5.41, 5.74) is 0.866. The molecule has 0 saturated heterocycles. The van der Waals surface area contributed by atoms with Crippen LogP contribution < -0.4 is 0 Å². The van der Waals surface area contributed by atoms with Crippen molar-refractivity contribution in [2.75, 3.05) is 0 Å². The first-order valence-corrected chi connectivity index (χ1v) is 8.58. The van der Waals surface area contributed by atoms with Crippen molar-refractivity contribution in [2.24, 2.45) is 29.6 Å². The lowest BCUT2D eigenvalue weighted by Crippen LogP contribution is -2.24. The van der Waals surface area contributed by atoms with Crippen LogP contribution >= 0.6 is 0 Å². The molecule has 0 radical (unpaired) electrons. The van der Waals surface area contributed by atoms with Gasteiger partial charge < -0.3 is 4.74 Å². The third kappa shape index (κ3) is 2.21. The third-order valence-electron chi connectivity index (χ3n) is 6.51. The number of hydrogen-bond donors (Lipinski definition) is 0. The fraction of sp³-hybridized carbons (Fsp3) is 0.833.